The van der Waals surface area contributed by atoms with Crippen LogP contribution >= 0.6 is 22.7 Å². The van der Waals surface area contributed by atoms with Gasteiger partial charge in [-0.2, -0.15) is 16.4 Å². The van der Waals surface area contributed by atoms with Gasteiger partial charge in [0, 0.05) is 10.9 Å². The molecule has 0 saturated carbocycles. The third-order valence-electron chi connectivity index (χ3n) is 4.30. The molecule has 0 spiro atoms. The van der Waals surface area contributed by atoms with Crippen LogP contribution in [0.1, 0.15) is 26.8 Å². The van der Waals surface area contributed by atoms with Crippen molar-refractivity contribution in [1.29, 1.82) is 0 Å². The van der Waals surface area contributed by atoms with E-state index in [1.807, 2.05) is 72.6 Å². The number of hydrogen-bond acceptors (Lipinski definition) is 5. The molecule has 0 radical (unpaired) electrons. The standard InChI is InChI=1S/C20H18N4OS2/c1-12-17(14(3)24(23-12)16-7-5-4-6-8-16)22-19(25)18-13(2)21-20(27-18)15-9-10-26-11-15/h4-11H,1-3H3,(H,22,25). The molecule has 0 aliphatic heterocycles. The molecule has 3 heterocycles. The van der Waals surface area contributed by atoms with Crippen LogP contribution in [0, 0.1) is 20.8 Å². The Morgan fingerprint density at radius 2 is 1.85 bits per heavy atom. The molecule has 7 heteroatoms. The molecule has 1 N–H and O–H groups in total. The van der Waals surface area contributed by atoms with Crippen LogP contribution in [-0.4, -0.2) is 20.7 Å². The van der Waals surface area contributed by atoms with Crippen LogP contribution in [0.3, 0.4) is 0 Å². The van der Waals surface area contributed by atoms with E-state index in [9.17, 15) is 4.79 Å². The summed E-state index contributed by atoms with van der Waals surface area (Å²) in [4.78, 5) is 18.1. The number of rotatable bonds is 4. The Labute approximate surface area is 165 Å². The van der Waals surface area contributed by atoms with Gasteiger partial charge in [-0.15, -0.1) is 11.3 Å². The van der Waals surface area contributed by atoms with Gasteiger partial charge in [0.15, 0.2) is 0 Å². The van der Waals surface area contributed by atoms with Crippen LogP contribution in [0.5, 0.6) is 0 Å². The molecule has 0 atom stereocenters. The normalized spacial score (nSPS) is 10.9. The number of hydrogen-bond donors (Lipinski definition) is 1. The summed E-state index contributed by atoms with van der Waals surface area (Å²) < 4.78 is 1.85. The Hall–Kier alpha value is -2.77. The number of benzene rings is 1. The first-order chi connectivity index (χ1) is 13.0. The molecule has 0 aliphatic rings. The van der Waals surface area contributed by atoms with E-state index in [0.717, 1.165) is 39.0 Å². The Kier molecular flexibility index (Phi) is 4.63. The molecule has 1 amide bonds. The molecule has 3 aromatic heterocycles. The first-order valence-corrected chi connectivity index (χ1v) is 10.2. The Balaban J connectivity index is 1.64. The molecule has 27 heavy (non-hydrogen) atoms. The monoisotopic (exact) mass is 394 g/mol. The minimum atomic E-state index is -0.148. The highest BCUT2D eigenvalue weighted by Gasteiger charge is 2.20. The molecule has 0 aliphatic carbocycles. The van der Waals surface area contributed by atoms with Crippen molar-refractivity contribution in [3.05, 3.63) is 69.1 Å². The number of thiazole rings is 1. The molecule has 0 bridgehead atoms. The maximum absolute atomic E-state index is 12.9. The van der Waals surface area contributed by atoms with Gasteiger partial charge in [0.05, 0.1) is 28.5 Å². The number of carbonyl (C=O) groups is 1. The topological polar surface area (TPSA) is 59.8 Å². The average molecular weight is 395 g/mol. The van der Waals surface area contributed by atoms with E-state index in [4.69, 9.17) is 0 Å². The van der Waals surface area contributed by atoms with Crippen molar-refractivity contribution in [2.75, 3.05) is 5.32 Å². The quantitative estimate of drug-likeness (QED) is 0.515. The lowest BCUT2D eigenvalue weighted by molar-refractivity contribution is 0.102. The number of nitrogens with one attached hydrogen (secondary N) is 1. The zero-order valence-electron chi connectivity index (χ0n) is 15.2. The highest BCUT2D eigenvalue weighted by atomic mass is 32.1. The minimum Gasteiger partial charge on any atom is -0.318 e. The van der Waals surface area contributed by atoms with Crippen LogP contribution in [0.25, 0.3) is 16.3 Å². The Bertz CT molecular complexity index is 1090. The van der Waals surface area contributed by atoms with Gasteiger partial charge in [0.1, 0.15) is 9.88 Å². The summed E-state index contributed by atoms with van der Waals surface area (Å²) in [6.45, 7) is 5.73. The van der Waals surface area contributed by atoms with Crippen LogP contribution < -0.4 is 5.32 Å². The van der Waals surface area contributed by atoms with Crippen molar-refractivity contribution in [3.8, 4) is 16.3 Å². The van der Waals surface area contributed by atoms with E-state index < -0.39 is 0 Å². The van der Waals surface area contributed by atoms with Crippen LogP contribution in [0.4, 0.5) is 5.69 Å². The van der Waals surface area contributed by atoms with E-state index in [1.165, 1.54) is 11.3 Å². The average Bonchev–Trinajstić information content (AvgIpc) is 3.38. The van der Waals surface area contributed by atoms with Crippen LogP contribution in [0.15, 0.2) is 47.2 Å². The van der Waals surface area contributed by atoms with Crippen molar-refractivity contribution in [2.45, 2.75) is 20.8 Å². The third-order valence-corrected chi connectivity index (χ3v) is 6.19. The lowest BCUT2D eigenvalue weighted by atomic mass is 10.2. The van der Waals surface area contributed by atoms with Gasteiger partial charge in [0.2, 0.25) is 0 Å². The lowest BCUT2D eigenvalue weighted by Crippen LogP contribution is -2.13. The summed E-state index contributed by atoms with van der Waals surface area (Å²) >= 11 is 3.04. The van der Waals surface area contributed by atoms with Crippen LogP contribution in [0.2, 0.25) is 0 Å². The van der Waals surface area contributed by atoms with Gasteiger partial charge in [-0.1, -0.05) is 18.2 Å². The number of carbonyl (C=O) groups excluding carboxylic acids is 1. The molecule has 136 valence electrons. The number of aryl methyl sites for hydroxylation is 2. The summed E-state index contributed by atoms with van der Waals surface area (Å²) in [7, 11) is 0. The fourth-order valence-electron chi connectivity index (χ4n) is 2.93. The number of anilines is 1. The molecule has 1 aromatic carbocycles. The Morgan fingerprint density at radius 1 is 1.07 bits per heavy atom. The molecule has 5 nitrogen and oxygen atoms in total. The van der Waals surface area contributed by atoms with E-state index in [-0.39, 0.29) is 5.91 Å². The van der Waals surface area contributed by atoms with Crippen molar-refractivity contribution >= 4 is 34.3 Å². The second-order valence-corrected chi connectivity index (χ2v) is 7.97. The number of nitrogens with zero attached hydrogens (tertiary/aromatic N) is 3. The molecular weight excluding hydrogens is 376 g/mol. The zero-order chi connectivity index (χ0) is 19.0. The summed E-state index contributed by atoms with van der Waals surface area (Å²) in [6, 6.07) is 11.9. The zero-order valence-corrected chi connectivity index (χ0v) is 16.8. The summed E-state index contributed by atoms with van der Waals surface area (Å²) in [5.74, 6) is -0.148. The summed E-state index contributed by atoms with van der Waals surface area (Å²) in [5, 5.41) is 12.5. The SMILES string of the molecule is Cc1nc(-c2ccsc2)sc1C(=O)Nc1c(C)nn(-c2ccccc2)c1C. The molecule has 0 unspecified atom stereocenters. The summed E-state index contributed by atoms with van der Waals surface area (Å²) in [5.41, 5.74) is 5.18. The fourth-order valence-corrected chi connectivity index (χ4v) is 4.60. The van der Waals surface area contributed by atoms with Crippen molar-refractivity contribution in [3.63, 3.8) is 0 Å². The van der Waals surface area contributed by atoms with Gasteiger partial charge < -0.3 is 5.32 Å². The molecular formula is C20H18N4OS2. The minimum absolute atomic E-state index is 0.148. The highest BCUT2D eigenvalue weighted by Crippen LogP contribution is 2.31. The van der Waals surface area contributed by atoms with Gasteiger partial charge >= 0.3 is 0 Å². The fraction of sp³-hybridized carbons (Fsp3) is 0.150. The largest absolute Gasteiger partial charge is 0.318 e. The number of aromatic nitrogens is 3. The van der Waals surface area contributed by atoms with E-state index in [2.05, 4.69) is 15.4 Å². The molecule has 4 rings (SSSR count). The second-order valence-electron chi connectivity index (χ2n) is 6.19. The predicted molar refractivity (Wildman–Crippen MR) is 111 cm³/mol. The van der Waals surface area contributed by atoms with Crippen molar-refractivity contribution < 1.29 is 4.79 Å². The smallest absolute Gasteiger partial charge is 0.267 e. The summed E-state index contributed by atoms with van der Waals surface area (Å²) in [6.07, 6.45) is 0. The number of para-hydroxylation sites is 1. The van der Waals surface area contributed by atoms with Gasteiger partial charge in [-0.3, -0.25) is 4.79 Å². The van der Waals surface area contributed by atoms with Crippen molar-refractivity contribution in [2.24, 2.45) is 0 Å². The van der Waals surface area contributed by atoms with E-state index in [0.29, 0.717) is 4.88 Å². The third kappa shape index (κ3) is 3.31. The van der Waals surface area contributed by atoms with Gasteiger partial charge in [-0.25, -0.2) is 9.67 Å². The number of amides is 1. The molecule has 0 fully saturated rings. The number of thiophene rings is 1. The van der Waals surface area contributed by atoms with E-state index in [1.54, 1.807) is 11.3 Å². The van der Waals surface area contributed by atoms with E-state index >= 15 is 0 Å². The first-order valence-electron chi connectivity index (χ1n) is 8.47. The predicted octanol–water partition coefficient (Wildman–Crippen LogP) is 5.23. The molecule has 4 aromatic rings. The highest BCUT2D eigenvalue weighted by molar-refractivity contribution is 7.17. The van der Waals surface area contributed by atoms with Crippen molar-refractivity contribution in [1.82, 2.24) is 14.8 Å². The maximum Gasteiger partial charge on any atom is 0.267 e. The Morgan fingerprint density at radius 3 is 2.56 bits per heavy atom. The second kappa shape index (κ2) is 7.09. The van der Waals surface area contributed by atoms with Gasteiger partial charge in [0.25, 0.3) is 5.91 Å². The molecule has 0 saturated heterocycles. The van der Waals surface area contributed by atoms with Crippen LogP contribution in [-0.2, 0) is 0 Å². The van der Waals surface area contributed by atoms with Gasteiger partial charge in [-0.05, 0) is 44.4 Å². The maximum atomic E-state index is 12.9. The lowest BCUT2D eigenvalue weighted by Gasteiger charge is -2.06. The first kappa shape index (κ1) is 17.6.